The third-order valence-corrected chi connectivity index (χ3v) is 4.93. The standard InChI is InChI=1S/C19H17NO6S/c1-3-25-19(22)17-16(14-9-4-5-10-15(14)26-17)20-18(21)12-7-6-8-13(11-12)27(2,23)24/h4-11H,3H2,1-2H3,(H,20,21). The highest BCUT2D eigenvalue weighted by Crippen LogP contribution is 2.32. The average molecular weight is 387 g/mol. The SMILES string of the molecule is CCOC(=O)c1oc2ccccc2c1NC(=O)c1cccc(S(C)(=O)=O)c1. The van der Waals surface area contributed by atoms with E-state index < -0.39 is 21.7 Å². The number of rotatable bonds is 5. The molecule has 1 N–H and O–H groups in total. The highest BCUT2D eigenvalue weighted by molar-refractivity contribution is 7.90. The van der Waals surface area contributed by atoms with Crippen molar-refractivity contribution in [2.75, 3.05) is 18.2 Å². The van der Waals surface area contributed by atoms with Crippen LogP contribution in [0.3, 0.4) is 0 Å². The predicted molar refractivity (Wildman–Crippen MR) is 99.7 cm³/mol. The molecule has 0 spiro atoms. The molecule has 0 radical (unpaired) electrons. The van der Waals surface area contributed by atoms with Crippen molar-refractivity contribution in [2.45, 2.75) is 11.8 Å². The summed E-state index contributed by atoms with van der Waals surface area (Å²) in [6, 6.07) is 12.5. The second-order valence-electron chi connectivity index (χ2n) is 5.78. The molecule has 0 aliphatic carbocycles. The van der Waals surface area contributed by atoms with Crippen LogP contribution in [0.15, 0.2) is 57.8 Å². The van der Waals surface area contributed by atoms with Gasteiger partial charge in [0.15, 0.2) is 9.84 Å². The van der Waals surface area contributed by atoms with Gasteiger partial charge in [-0.25, -0.2) is 13.2 Å². The molecule has 2 aromatic carbocycles. The molecule has 0 bridgehead atoms. The molecular weight excluding hydrogens is 370 g/mol. The molecular formula is C19H17NO6S. The summed E-state index contributed by atoms with van der Waals surface area (Å²) in [7, 11) is -3.46. The lowest BCUT2D eigenvalue weighted by molar-refractivity contribution is 0.0494. The molecule has 0 saturated heterocycles. The number of ether oxygens (including phenoxy) is 1. The third kappa shape index (κ3) is 3.85. The lowest BCUT2D eigenvalue weighted by atomic mass is 10.2. The Morgan fingerprint density at radius 3 is 2.56 bits per heavy atom. The minimum Gasteiger partial charge on any atom is -0.460 e. The van der Waals surface area contributed by atoms with Crippen LogP contribution in [0, 0.1) is 0 Å². The molecule has 8 heteroatoms. The number of sulfone groups is 1. The lowest BCUT2D eigenvalue weighted by Crippen LogP contribution is -2.15. The number of carbonyl (C=O) groups is 2. The Labute approximate surface area is 155 Å². The van der Waals surface area contributed by atoms with Crippen LogP contribution in [-0.2, 0) is 14.6 Å². The van der Waals surface area contributed by atoms with E-state index in [9.17, 15) is 18.0 Å². The van der Waals surface area contributed by atoms with Gasteiger partial charge in [0.1, 0.15) is 11.3 Å². The first-order valence-electron chi connectivity index (χ1n) is 8.11. The fourth-order valence-corrected chi connectivity index (χ4v) is 3.23. The molecule has 140 valence electrons. The normalized spacial score (nSPS) is 11.3. The van der Waals surface area contributed by atoms with Crippen LogP contribution in [0.4, 0.5) is 5.69 Å². The zero-order valence-corrected chi connectivity index (χ0v) is 15.5. The van der Waals surface area contributed by atoms with Gasteiger partial charge in [0.25, 0.3) is 5.91 Å². The minimum atomic E-state index is -3.46. The number of para-hydroxylation sites is 1. The zero-order chi connectivity index (χ0) is 19.6. The Morgan fingerprint density at radius 2 is 1.85 bits per heavy atom. The van der Waals surface area contributed by atoms with E-state index in [4.69, 9.17) is 9.15 Å². The van der Waals surface area contributed by atoms with E-state index in [-0.39, 0.29) is 28.5 Å². The number of hydrogen-bond acceptors (Lipinski definition) is 6. The number of furan rings is 1. The Morgan fingerprint density at radius 1 is 1.11 bits per heavy atom. The van der Waals surface area contributed by atoms with Crippen molar-refractivity contribution in [1.29, 1.82) is 0 Å². The quantitative estimate of drug-likeness (QED) is 0.674. The Kier molecular flexibility index (Phi) is 5.00. The number of esters is 1. The Hall–Kier alpha value is -3.13. The maximum Gasteiger partial charge on any atom is 0.376 e. The molecule has 7 nitrogen and oxygen atoms in total. The van der Waals surface area contributed by atoms with Gasteiger partial charge in [-0.3, -0.25) is 4.79 Å². The highest BCUT2D eigenvalue weighted by atomic mass is 32.2. The van der Waals surface area contributed by atoms with Crippen LogP contribution < -0.4 is 5.32 Å². The molecule has 1 heterocycles. The summed E-state index contributed by atoms with van der Waals surface area (Å²) in [5, 5.41) is 3.17. The summed E-state index contributed by atoms with van der Waals surface area (Å²) in [4.78, 5) is 24.9. The van der Waals surface area contributed by atoms with Crippen LogP contribution in [0.25, 0.3) is 11.0 Å². The van der Waals surface area contributed by atoms with Gasteiger partial charge in [-0.1, -0.05) is 18.2 Å². The first kappa shape index (κ1) is 18.7. The van der Waals surface area contributed by atoms with Gasteiger partial charge in [0.2, 0.25) is 5.76 Å². The number of fused-ring (bicyclic) bond motifs is 1. The maximum atomic E-state index is 12.7. The number of amides is 1. The number of carbonyl (C=O) groups excluding carboxylic acids is 2. The Balaban J connectivity index is 2.02. The van der Waals surface area contributed by atoms with Crippen molar-refractivity contribution < 1.29 is 27.2 Å². The fourth-order valence-electron chi connectivity index (χ4n) is 2.56. The van der Waals surface area contributed by atoms with E-state index in [1.165, 1.54) is 24.3 Å². The first-order valence-corrected chi connectivity index (χ1v) is 10.0. The van der Waals surface area contributed by atoms with Crippen LogP contribution in [0.1, 0.15) is 27.8 Å². The average Bonchev–Trinajstić information content (AvgIpc) is 3.00. The number of nitrogens with one attached hydrogen (secondary N) is 1. The first-order chi connectivity index (χ1) is 12.8. The van der Waals surface area contributed by atoms with Crippen molar-refractivity contribution in [2.24, 2.45) is 0 Å². The molecule has 27 heavy (non-hydrogen) atoms. The van der Waals surface area contributed by atoms with Crippen LogP contribution in [0.2, 0.25) is 0 Å². The molecule has 1 amide bonds. The van der Waals surface area contributed by atoms with Crippen molar-refractivity contribution in [1.82, 2.24) is 0 Å². The van der Waals surface area contributed by atoms with Crippen LogP contribution in [-0.4, -0.2) is 33.2 Å². The molecule has 0 fully saturated rings. The molecule has 0 aliphatic heterocycles. The highest BCUT2D eigenvalue weighted by Gasteiger charge is 2.24. The van der Waals surface area contributed by atoms with Crippen molar-refractivity contribution in [3.8, 4) is 0 Å². The van der Waals surface area contributed by atoms with Gasteiger partial charge >= 0.3 is 5.97 Å². The van der Waals surface area contributed by atoms with E-state index >= 15 is 0 Å². The summed E-state index contributed by atoms with van der Waals surface area (Å²) in [6.07, 6.45) is 1.06. The van der Waals surface area contributed by atoms with E-state index in [1.807, 2.05) is 0 Å². The maximum absolute atomic E-state index is 12.7. The minimum absolute atomic E-state index is 0.0258. The topological polar surface area (TPSA) is 103 Å². The van der Waals surface area contributed by atoms with Gasteiger partial charge in [-0.15, -0.1) is 0 Å². The Bertz CT molecular complexity index is 1130. The van der Waals surface area contributed by atoms with Gasteiger partial charge in [0, 0.05) is 17.2 Å². The molecule has 0 aliphatic rings. The summed E-state index contributed by atoms with van der Waals surface area (Å²) in [5.41, 5.74) is 0.734. The molecule has 0 saturated carbocycles. The molecule has 1 aromatic heterocycles. The molecule has 0 atom stereocenters. The fraction of sp³-hybridized carbons (Fsp3) is 0.158. The summed E-state index contributed by atoms with van der Waals surface area (Å²) >= 11 is 0. The number of anilines is 1. The van der Waals surface area contributed by atoms with E-state index in [0.29, 0.717) is 11.0 Å². The lowest BCUT2D eigenvalue weighted by Gasteiger charge is -2.07. The summed E-state index contributed by atoms with van der Waals surface area (Å²) in [5.74, 6) is -1.39. The van der Waals surface area contributed by atoms with Crippen molar-refractivity contribution in [3.63, 3.8) is 0 Å². The van der Waals surface area contributed by atoms with Crippen LogP contribution in [0.5, 0.6) is 0 Å². The molecule has 3 aromatic rings. The van der Waals surface area contributed by atoms with Crippen molar-refractivity contribution >= 4 is 38.4 Å². The van der Waals surface area contributed by atoms with Gasteiger partial charge in [-0.2, -0.15) is 0 Å². The summed E-state index contributed by atoms with van der Waals surface area (Å²) < 4.78 is 33.9. The van der Waals surface area contributed by atoms with E-state index in [1.54, 1.807) is 31.2 Å². The zero-order valence-electron chi connectivity index (χ0n) is 14.7. The van der Waals surface area contributed by atoms with Crippen molar-refractivity contribution in [3.05, 3.63) is 59.9 Å². The van der Waals surface area contributed by atoms with Gasteiger partial charge in [-0.05, 0) is 37.3 Å². The largest absolute Gasteiger partial charge is 0.460 e. The second kappa shape index (κ2) is 7.24. The van der Waals surface area contributed by atoms with Gasteiger partial charge in [0.05, 0.1) is 11.5 Å². The molecule has 0 unspecified atom stereocenters. The predicted octanol–water partition coefficient (Wildman–Crippen LogP) is 3.27. The number of hydrogen-bond donors (Lipinski definition) is 1. The van der Waals surface area contributed by atoms with E-state index in [0.717, 1.165) is 6.26 Å². The van der Waals surface area contributed by atoms with Crippen LogP contribution >= 0.6 is 0 Å². The monoisotopic (exact) mass is 387 g/mol. The summed E-state index contributed by atoms with van der Waals surface area (Å²) in [6.45, 7) is 1.81. The number of benzene rings is 2. The second-order valence-corrected chi connectivity index (χ2v) is 7.79. The smallest absolute Gasteiger partial charge is 0.376 e. The van der Waals surface area contributed by atoms with E-state index in [2.05, 4.69) is 5.32 Å². The molecule has 3 rings (SSSR count). The van der Waals surface area contributed by atoms with Gasteiger partial charge < -0.3 is 14.5 Å². The third-order valence-electron chi connectivity index (χ3n) is 3.82.